The maximum Gasteiger partial charge on any atom is 0.251 e. The van der Waals surface area contributed by atoms with Gasteiger partial charge in [0, 0.05) is 31.3 Å². The summed E-state index contributed by atoms with van der Waals surface area (Å²) in [6.07, 6.45) is 3.59. The molecule has 1 saturated heterocycles. The number of piperidine rings is 1. The average molecular weight is 581 g/mol. The topological polar surface area (TPSA) is 156 Å². The number of H-pyrrole nitrogens is 1. The van der Waals surface area contributed by atoms with Crippen molar-refractivity contribution in [3.8, 4) is 6.07 Å². The number of likely N-dealkylation sites (tertiary alicyclic amines) is 1. The molecule has 11 heteroatoms. The highest BCUT2D eigenvalue weighted by Gasteiger charge is 2.54. The zero-order chi connectivity index (χ0) is 30.3. The van der Waals surface area contributed by atoms with Crippen molar-refractivity contribution < 1.29 is 14.4 Å². The molecule has 11 nitrogen and oxygen atoms in total. The largest absolute Gasteiger partial charge is 0.355 e. The quantitative estimate of drug-likeness (QED) is 0.296. The zero-order valence-corrected chi connectivity index (χ0v) is 24.7. The highest BCUT2D eigenvalue weighted by molar-refractivity contribution is 5.95. The van der Waals surface area contributed by atoms with Crippen LogP contribution in [0.25, 0.3) is 0 Å². The lowest BCUT2D eigenvalue weighted by Crippen LogP contribution is -2.44. The van der Waals surface area contributed by atoms with Crippen molar-refractivity contribution in [1.29, 1.82) is 5.26 Å². The predicted molar refractivity (Wildman–Crippen MR) is 158 cm³/mol. The van der Waals surface area contributed by atoms with Crippen molar-refractivity contribution in [2.24, 2.45) is 5.92 Å². The number of carbonyl (C=O) groups excluding carboxylic acids is 3. The second-order valence-electron chi connectivity index (χ2n) is 11.7. The molecule has 3 aliphatic rings. The molecule has 1 saturated carbocycles. The van der Waals surface area contributed by atoms with Crippen LogP contribution in [-0.2, 0) is 23.1 Å². The van der Waals surface area contributed by atoms with E-state index in [9.17, 15) is 19.6 Å². The van der Waals surface area contributed by atoms with Crippen molar-refractivity contribution in [2.75, 3.05) is 27.2 Å². The third-order valence-electron chi connectivity index (χ3n) is 9.25. The summed E-state index contributed by atoms with van der Waals surface area (Å²) >= 11 is 0. The number of nitrogens with zero attached hydrogens (tertiary/aromatic N) is 4. The molecule has 2 heterocycles. The highest BCUT2D eigenvalue weighted by Crippen LogP contribution is 2.48. The number of nitriles is 1. The lowest BCUT2D eigenvalue weighted by molar-refractivity contribution is -0.131. The Balaban J connectivity index is 1.40. The summed E-state index contributed by atoms with van der Waals surface area (Å²) in [5.41, 5.74) is 4.30. The van der Waals surface area contributed by atoms with E-state index >= 15 is 0 Å². The summed E-state index contributed by atoms with van der Waals surface area (Å²) in [5.74, 6) is 1.34. The molecule has 0 unspecified atom stereocenters. The van der Waals surface area contributed by atoms with Crippen LogP contribution in [0.2, 0.25) is 0 Å². The van der Waals surface area contributed by atoms with E-state index in [0.29, 0.717) is 54.5 Å². The number of aromatic amines is 1. The van der Waals surface area contributed by atoms with Gasteiger partial charge in [-0.1, -0.05) is 12.1 Å². The van der Waals surface area contributed by atoms with Crippen molar-refractivity contribution in [1.82, 2.24) is 36.0 Å². The highest BCUT2D eigenvalue weighted by atomic mass is 16.2. The number of carbonyl (C=O) groups is 3. The van der Waals surface area contributed by atoms with Gasteiger partial charge < -0.3 is 20.9 Å². The Kier molecular flexibility index (Phi) is 7.48. The van der Waals surface area contributed by atoms with Gasteiger partial charge in [0.15, 0.2) is 5.82 Å². The summed E-state index contributed by atoms with van der Waals surface area (Å²) in [4.78, 5) is 45.0. The van der Waals surface area contributed by atoms with E-state index in [0.717, 1.165) is 35.1 Å². The molecule has 2 aromatic carbocycles. The molecular weight excluding hydrogens is 544 g/mol. The minimum atomic E-state index is -0.825. The van der Waals surface area contributed by atoms with Gasteiger partial charge in [-0.2, -0.15) is 10.4 Å². The summed E-state index contributed by atoms with van der Waals surface area (Å²) in [5, 5.41) is 26.0. The van der Waals surface area contributed by atoms with Crippen LogP contribution in [0.1, 0.15) is 73.9 Å². The van der Waals surface area contributed by atoms with Gasteiger partial charge in [0.1, 0.15) is 11.9 Å². The van der Waals surface area contributed by atoms with Gasteiger partial charge >= 0.3 is 0 Å². The fourth-order valence-corrected chi connectivity index (χ4v) is 7.07. The number of nitrogens with one attached hydrogen (secondary N) is 4. The molecular formula is C32H36N8O3. The number of rotatable bonds is 8. The first kappa shape index (κ1) is 28.6. The molecule has 1 aliphatic heterocycles. The molecule has 2 fully saturated rings. The maximum atomic E-state index is 13.2. The van der Waals surface area contributed by atoms with Crippen molar-refractivity contribution in [3.63, 3.8) is 0 Å². The smallest absolute Gasteiger partial charge is 0.251 e. The number of aryl methyl sites for hydroxylation is 3. The van der Waals surface area contributed by atoms with Gasteiger partial charge in [-0.05, 0) is 98.0 Å². The number of aromatic nitrogens is 3. The van der Waals surface area contributed by atoms with Gasteiger partial charge in [-0.3, -0.25) is 19.5 Å². The van der Waals surface area contributed by atoms with E-state index in [1.54, 1.807) is 19.0 Å². The third-order valence-corrected chi connectivity index (χ3v) is 9.25. The van der Waals surface area contributed by atoms with Gasteiger partial charge in [-0.25, -0.2) is 4.98 Å². The number of hydrogen-bond acceptors (Lipinski definition) is 7. The summed E-state index contributed by atoms with van der Waals surface area (Å²) in [7, 11) is 3.23. The Morgan fingerprint density at radius 3 is 2.19 bits per heavy atom. The summed E-state index contributed by atoms with van der Waals surface area (Å²) in [6, 6.07) is 13.7. The standard InChI is InChI=1S/C32H36N8O3/c1-18-37-31(39-38-18)32(10-11-36-17-28(41)40-24(16-33)14-23-15-27(23)40)25-8-6-21(29(42)34-2)12-19(25)4-5-20-13-22(30(43)35-3)7-9-26(20)32/h6-9,12-13,23-24,27,36H,4-5,10-11,14-15,17H2,1-3H3,(H,34,42)(H,35,43)(H,37,38,39)/t23-,24+,27+/m1/s1. The summed E-state index contributed by atoms with van der Waals surface area (Å²) < 4.78 is 0. The first-order valence-electron chi connectivity index (χ1n) is 14.8. The molecule has 3 amide bonds. The number of amides is 3. The maximum absolute atomic E-state index is 13.2. The van der Waals surface area contributed by atoms with Crippen LogP contribution < -0.4 is 16.0 Å². The lowest BCUT2D eigenvalue weighted by atomic mass is 9.69. The second-order valence-corrected chi connectivity index (χ2v) is 11.7. The number of benzene rings is 2. The van der Waals surface area contributed by atoms with Crippen LogP contribution >= 0.6 is 0 Å². The minimum absolute atomic E-state index is 0.0496. The predicted octanol–water partition coefficient (Wildman–Crippen LogP) is 1.76. The zero-order valence-electron chi connectivity index (χ0n) is 24.7. The Morgan fingerprint density at radius 2 is 1.65 bits per heavy atom. The molecule has 0 spiro atoms. The van der Waals surface area contributed by atoms with Crippen LogP contribution in [0.5, 0.6) is 0 Å². The molecule has 4 N–H and O–H groups in total. The number of fused-ring (bicyclic) bond motifs is 3. The van der Waals surface area contributed by atoms with Crippen LogP contribution in [0.15, 0.2) is 36.4 Å². The average Bonchev–Trinajstić information content (AvgIpc) is 3.52. The monoisotopic (exact) mass is 580 g/mol. The molecule has 3 atom stereocenters. The minimum Gasteiger partial charge on any atom is -0.355 e. The SMILES string of the molecule is CNC(=O)c1ccc2c(c1)CCc1cc(C(=O)NC)ccc1C2(CCNCC(=O)N1[C@H](C#N)C[C@@H]2C[C@@H]21)c1n[nH]c(C)n1. The molecule has 2 aliphatic carbocycles. The van der Waals surface area contributed by atoms with E-state index in [4.69, 9.17) is 4.98 Å². The molecule has 1 aromatic heterocycles. The number of hydrogen-bond donors (Lipinski definition) is 4. The lowest BCUT2D eigenvalue weighted by Gasteiger charge is -2.35. The van der Waals surface area contributed by atoms with Crippen molar-refractivity contribution in [2.45, 2.75) is 56.5 Å². The normalized spacial score (nSPS) is 21.1. The molecule has 222 valence electrons. The second kappa shape index (κ2) is 11.3. The van der Waals surface area contributed by atoms with Crippen LogP contribution in [-0.4, -0.2) is 77.1 Å². The van der Waals surface area contributed by atoms with E-state index in [1.807, 2.05) is 43.3 Å². The van der Waals surface area contributed by atoms with E-state index < -0.39 is 5.41 Å². The first-order valence-corrected chi connectivity index (χ1v) is 14.8. The van der Waals surface area contributed by atoms with E-state index in [-0.39, 0.29) is 36.3 Å². The molecule has 0 radical (unpaired) electrons. The van der Waals surface area contributed by atoms with Gasteiger partial charge in [-0.15, -0.1) is 0 Å². The van der Waals surface area contributed by atoms with E-state index in [2.05, 4.69) is 32.2 Å². The Labute approximate surface area is 250 Å². The van der Waals surface area contributed by atoms with Gasteiger partial charge in [0.25, 0.3) is 11.8 Å². The van der Waals surface area contributed by atoms with Crippen molar-refractivity contribution in [3.05, 3.63) is 81.4 Å². The summed E-state index contributed by atoms with van der Waals surface area (Å²) in [6.45, 7) is 2.46. The molecule has 6 rings (SSSR count). The Bertz CT molecular complexity index is 1570. The van der Waals surface area contributed by atoms with Gasteiger partial charge in [0.05, 0.1) is 18.0 Å². The third kappa shape index (κ3) is 4.95. The van der Waals surface area contributed by atoms with Gasteiger partial charge in [0.2, 0.25) is 5.91 Å². The molecule has 43 heavy (non-hydrogen) atoms. The van der Waals surface area contributed by atoms with Crippen LogP contribution in [0, 0.1) is 24.2 Å². The Hall–Kier alpha value is -4.56. The fourth-order valence-electron chi connectivity index (χ4n) is 7.07. The first-order chi connectivity index (χ1) is 20.8. The van der Waals surface area contributed by atoms with Crippen molar-refractivity contribution >= 4 is 17.7 Å². The molecule has 3 aromatic rings. The Morgan fingerprint density at radius 1 is 1.02 bits per heavy atom. The fraction of sp³-hybridized carbons (Fsp3) is 0.438. The van der Waals surface area contributed by atoms with Crippen LogP contribution in [0.4, 0.5) is 0 Å². The van der Waals surface area contributed by atoms with Crippen LogP contribution in [0.3, 0.4) is 0 Å². The molecule has 0 bridgehead atoms. The van der Waals surface area contributed by atoms with E-state index in [1.165, 1.54) is 0 Å².